The van der Waals surface area contributed by atoms with Gasteiger partial charge in [0.15, 0.2) is 0 Å². The molecule has 146 valence electrons. The zero-order valence-electron chi connectivity index (χ0n) is 16.4. The number of imidazole rings is 1. The van der Waals surface area contributed by atoms with E-state index >= 15 is 0 Å². The zero-order chi connectivity index (χ0) is 19.1. The molecule has 2 saturated carbocycles. The van der Waals surface area contributed by atoms with Crippen molar-refractivity contribution in [3.63, 3.8) is 0 Å². The molecule has 0 saturated heterocycles. The van der Waals surface area contributed by atoms with Gasteiger partial charge in [-0.15, -0.1) is 0 Å². The first-order valence-electron chi connectivity index (χ1n) is 10.5. The van der Waals surface area contributed by atoms with Crippen LogP contribution < -0.4 is 4.74 Å². The van der Waals surface area contributed by atoms with Crippen molar-refractivity contribution < 1.29 is 9.84 Å². The van der Waals surface area contributed by atoms with Gasteiger partial charge in [0.1, 0.15) is 5.75 Å². The summed E-state index contributed by atoms with van der Waals surface area (Å²) in [6.45, 7) is 0. The minimum atomic E-state index is -0.396. The zero-order valence-corrected chi connectivity index (χ0v) is 16.4. The number of hydrogen-bond donors (Lipinski definition) is 1. The molecule has 3 aromatic rings. The Morgan fingerprint density at radius 2 is 1.71 bits per heavy atom. The average Bonchev–Trinajstić information content (AvgIpc) is 3.49. The smallest absolute Gasteiger partial charge is 0.118 e. The number of aliphatic hydroxyl groups is 1. The number of fused-ring (bicyclic) bond motifs is 1. The van der Waals surface area contributed by atoms with Crippen LogP contribution in [0.2, 0.25) is 0 Å². The molecular weight excluding hydrogens is 348 g/mol. The number of benzene rings is 1. The van der Waals surface area contributed by atoms with Gasteiger partial charge in [-0.2, -0.15) is 0 Å². The largest absolute Gasteiger partial charge is 0.497 e. The first-order chi connectivity index (χ1) is 13.7. The summed E-state index contributed by atoms with van der Waals surface area (Å²) in [5.41, 5.74) is 4.95. The molecule has 1 N–H and O–H groups in total. The number of hydrogen-bond acceptors (Lipinski definition) is 3. The van der Waals surface area contributed by atoms with Gasteiger partial charge in [0, 0.05) is 11.8 Å². The molecule has 0 aliphatic heterocycles. The highest BCUT2D eigenvalue weighted by atomic mass is 16.5. The lowest BCUT2D eigenvalue weighted by Gasteiger charge is -2.33. The van der Waals surface area contributed by atoms with E-state index in [9.17, 15) is 5.11 Å². The number of methoxy groups -OCH3 is 1. The van der Waals surface area contributed by atoms with E-state index in [-0.39, 0.29) is 0 Å². The summed E-state index contributed by atoms with van der Waals surface area (Å²) < 4.78 is 7.33. The lowest BCUT2D eigenvalue weighted by atomic mass is 9.75. The van der Waals surface area contributed by atoms with Gasteiger partial charge in [-0.1, -0.05) is 12.1 Å². The van der Waals surface area contributed by atoms with Gasteiger partial charge in [0.05, 0.1) is 31.3 Å². The topological polar surface area (TPSA) is 46.8 Å². The van der Waals surface area contributed by atoms with E-state index in [0.29, 0.717) is 17.8 Å². The van der Waals surface area contributed by atoms with Crippen LogP contribution in [0.5, 0.6) is 5.75 Å². The first kappa shape index (κ1) is 17.7. The molecule has 2 aromatic heterocycles. The molecule has 0 amide bonds. The predicted molar refractivity (Wildman–Crippen MR) is 110 cm³/mol. The van der Waals surface area contributed by atoms with E-state index in [1.165, 1.54) is 24.0 Å². The maximum atomic E-state index is 11.4. The predicted octanol–water partition coefficient (Wildman–Crippen LogP) is 5.23. The molecule has 2 aliphatic carbocycles. The molecule has 0 radical (unpaired) electrons. The van der Waals surface area contributed by atoms with Crippen LogP contribution >= 0.6 is 0 Å². The van der Waals surface area contributed by atoms with E-state index in [1.807, 2.05) is 16.9 Å². The SMILES string of the molecule is COc1ccc(C2CCC([C@H](O)c3c(C4CC4)ccn4cncc34)CC2)cc1. The van der Waals surface area contributed by atoms with Crippen molar-refractivity contribution in [3.05, 3.63) is 65.7 Å². The van der Waals surface area contributed by atoms with Crippen LogP contribution in [0.1, 0.15) is 73.2 Å². The molecule has 28 heavy (non-hydrogen) atoms. The van der Waals surface area contributed by atoms with E-state index in [4.69, 9.17) is 4.74 Å². The summed E-state index contributed by atoms with van der Waals surface area (Å²) in [5, 5.41) is 11.4. The Hall–Kier alpha value is -2.33. The molecule has 4 nitrogen and oxygen atoms in total. The van der Waals surface area contributed by atoms with E-state index < -0.39 is 6.10 Å². The van der Waals surface area contributed by atoms with Gasteiger partial charge < -0.3 is 14.2 Å². The minimum Gasteiger partial charge on any atom is -0.497 e. The molecule has 2 aliphatic rings. The normalized spacial score (nSPS) is 23.6. The maximum Gasteiger partial charge on any atom is 0.118 e. The summed E-state index contributed by atoms with van der Waals surface area (Å²) in [4.78, 5) is 4.32. The Bertz CT molecular complexity index is 950. The fourth-order valence-corrected chi connectivity index (χ4v) is 4.98. The summed E-state index contributed by atoms with van der Waals surface area (Å²) in [5.74, 6) is 2.45. The number of aliphatic hydroxyl groups excluding tert-OH is 1. The number of aromatic nitrogens is 2. The quantitative estimate of drug-likeness (QED) is 0.663. The number of ether oxygens (including phenoxy) is 1. The number of pyridine rings is 1. The highest BCUT2D eigenvalue weighted by molar-refractivity contribution is 5.59. The van der Waals surface area contributed by atoms with Crippen LogP contribution in [0.4, 0.5) is 0 Å². The standard InChI is InChI=1S/C24H28N2O2/c1-28-20-10-8-17(9-11-20)16-2-6-19(7-3-16)24(27)23-21(18-4-5-18)12-13-26-15-25-14-22(23)26/h8-16,18-19,24,27H,2-7H2,1H3/t16?,19?,24-/m0/s1. The lowest BCUT2D eigenvalue weighted by Crippen LogP contribution is -2.21. The molecule has 1 aromatic carbocycles. The van der Waals surface area contributed by atoms with Crippen LogP contribution in [0, 0.1) is 5.92 Å². The fourth-order valence-electron chi connectivity index (χ4n) is 4.98. The van der Waals surface area contributed by atoms with Gasteiger partial charge >= 0.3 is 0 Å². The van der Waals surface area contributed by atoms with Crippen LogP contribution in [0.15, 0.2) is 49.1 Å². The first-order valence-corrected chi connectivity index (χ1v) is 10.5. The Morgan fingerprint density at radius 3 is 2.39 bits per heavy atom. The third kappa shape index (κ3) is 3.20. The Kier molecular flexibility index (Phi) is 4.59. The summed E-state index contributed by atoms with van der Waals surface area (Å²) in [6, 6.07) is 10.7. The van der Waals surface area contributed by atoms with Crippen LogP contribution in [0.25, 0.3) is 5.52 Å². The molecular formula is C24H28N2O2. The van der Waals surface area contributed by atoms with Gasteiger partial charge in [-0.3, -0.25) is 0 Å². The van der Waals surface area contributed by atoms with E-state index in [0.717, 1.165) is 42.5 Å². The monoisotopic (exact) mass is 376 g/mol. The van der Waals surface area contributed by atoms with Crippen molar-refractivity contribution >= 4 is 5.52 Å². The molecule has 0 spiro atoms. The second-order valence-electron chi connectivity index (χ2n) is 8.47. The highest BCUT2D eigenvalue weighted by Gasteiger charge is 2.34. The molecule has 2 fully saturated rings. The second-order valence-corrected chi connectivity index (χ2v) is 8.47. The van der Waals surface area contributed by atoms with Gasteiger partial charge in [-0.05, 0) is 85.6 Å². The Morgan fingerprint density at radius 1 is 1.00 bits per heavy atom. The Balaban J connectivity index is 1.34. The van der Waals surface area contributed by atoms with Crippen molar-refractivity contribution in [2.75, 3.05) is 7.11 Å². The lowest BCUT2D eigenvalue weighted by molar-refractivity contribution is 0.0810. The van der Waals surface area contributed by atoms with Crippen molar-refractivity contribution in [1.29, 1.82) is 0 Å². The number of nitrogens with zero attached hydrogens (tertiary/aromatic N) is 2. The van der Waals surface area contributed by atoms with Crippen molar-refractivity contribution in [3.8, 4) is 5.75 Å². The van der Waals surface area contributed by atoms with Crippen LogP contribution in [-0.4, -0.2) is 21.6 Å². The van der Waals surface area contributed by atoms with Crippen molar-refractivity contribution in [2.24, 2.45) is 5.92 Å². The van der Waals surface area contributed by atoms with Crippen molar-refractivity contribution in [2.45, 2.75) is 56.5 Å². The van der Waals surface area contributed by atoms with Crippen molar-refractivity contribution in [1.82, 2.24) is 9.38 Å². The van der Waals surface area contributed by atoms with E-state index in [2.05, 4.69) is 41.5 Å². The van der Waals surface area contributed by atoms with Crippen LogP contribution in [0.3, 0.4) is 0 Å². The van der Waals surface area contributed by atoms with E-state index in [1.54, 1.807) is 7.11 Å². The molecule has 4 heteroatoms. The molecule has 0 bridgehead atoms. The molecule has 5 rings (SSSR count). The Labute approximate surface area is 166 Å². The van der Waals surface area contributed by atoms with Crippen LogP contribution in [-0.2, 0) is 0 Å². The maximum absolute atomic E-state index is 11.4. The summed E-state index contributed by atoms with van der Waals surface area (Å²) >= 11 is 0. The highest BCUT2D eigenvalue weighted by Crippen LogP contribution is 2.48. The summed E-state index contributed by atoms with van der Waals surface area (Å²) in [7, 11) is 1.71. The van der Waals surface area contributed by atoms with Gasteiger partial charge in [0.25, 0.3) is 0 Å². The second kappa shape index (κ2) is 7.25. The number of rotatable bonds is 5. The molecule has 0 unspecified atom stereocenters. The third-order valence-electron chi connectivity index (χ3n) is 6.79. The minimum absolute atomic E-state index is 0.327. The third-order valence-corrected chi connectivity index (χ3v) is 6.79. The fraction of sp³-hybridized carbons (Fsp3) is 0.458. The average molecular weight is 377 g/mol. The van der Waals surface area contributed by atoms with Gasteiger partial charge in [0.2, 0.25) is 0 Å². The summed E-state index contributed by atoms with van der Waals surface area (Å²) in [6.07, 6.45) is 12.3. The molecule has 2 heterocycles. The van der Waals surface area contributed by atoms with Gasteiger partial charge in [-0.25, -0.2) is 4.98 Å². The molecule has 1 atom stereocenters.